The molecule has 0 spiro atoms. The molecule has 1 amide bonds. The summed E-state index contributed by atoms with van der Waals surface area (Å²) in [6.07, 6.45) is -0.385. The van der Waals surface area contributed by atoms with Crippen molar-refractivity contribution in [3.8, 4) is 17.2 Å². The average molecular weight is 484 g/mol. The number of carbonyl (C=O) groups is 1. The Kier molecular flexibility index (Phi) is 7.44. The van der Waals surface area contributed by atoms with E-state index in [1.54, 1.807) is 37.1 Å². The molecular weight excluding hydrogens is 458 g/mol. The largest absolute Gasteiger partial charge is 0.497 e. The number of guanidine groups is 1. The molecule has 0 bridgehead atoms. The van der Waals surface area contributed by atoms with Crippen molar-refractivity contribution in [3.05, 3.63) is 48.5 Å². The van der Waals surface area contributed by atoms with Crippen LogP contribution in [0.15, 0.2) is 58.7 Å². The lowest BCUT2D eigenvalue weighted by atomic mass is 10.2. The van der Waals surface area contributed by atoms with Crippen LogP contribution < -0.4 is 31.2 Å². The fourth-order valence-electron chi connectivity index (χ4n) is 3.31. The molecule has 12 nitrogen and oxygen atoms in total. The van der Waals surface area contributed by atoms with E-state index in [9.17, 15) is 4.79 Å². The molecule has 0 saturated carbocycles. The lowest BCUT2D eigenvalue weighted by Crippen LogP contribution is -2.57. The number of nitrogens with two attached hydrogens (primary N) is 1. The minimum Gasteiger partial charge on any atom is -0.497 e. The Labute approximate surface area is 200 Å². The molecule has 2 aromatic carbocycles. The number of ether oxygens (including phenoxy) is 2. The molecule has 1 aliphatic rings. The van der Waals surface area contributed by atoms with Gasteiger partial charge in [-0.05, 0) is 22.6 Å². The van der Waals surface area contributed by atoms with Crippen molar-refractivity contribution in [1.82, 2.24) is 30.8 Å². The van der Waals surface area contributed by atoms with E-state index >= 15 is 0 Å². The molecule has 2 heterocycles. The molecule has 13 heteroatoms. The smallest absolute Gasteiger partial charge is 0.224 e. The van der Waals surface area contributed by atoms with Gasteiger partial charge < -0.3 is 25.8 Å². The quantitative estimate of drug-likeness (QED) is 0.207. The first-order valence-corrected chi connectivity index (χ1v) is 11.4. The number of aromatic nitrogens is 4. The zero-order chi connectivity index (χ0) is 23.9. The number of methoxy groups -OCH3 is 2. The summed E-state index contributed by atoms with van der Waals surface area (Å²) in [6, 6.07) is 14.7. The number of thioether (sulfide) groups is 1. The maximum Gasteiger partial charge on any atom is 0.224 e. The van der Waals surface area contributed by atoms with E-state index < -0.39 is 6.29 Å². The highest BCUT2D eigenvalue weighted by Crippen LogP contribution is 2.25. The van der Waals surface area contributed by atoms with Crippen LogP contribution in [-0.4, -0.2) is 64.4 Å². The van der Waals surface area contributed by atoms with Crippen molar-refractivity contribution in [2.24, 2.45) is 10.7 Å². The molecule has 2 atom stereocenters. The van der Waals surface area contributed by atoms with Gasteiger partial charge in [-0.2, -0.15) is 4.68 Å². The number of tetrazole rings is 1. The number of hydrogen-bond donors (Lipinski definition) is 4. The normalized spacial score (nSPS) is 18.3. The number of benzene rings is 2. The molecule has 1 saturated heterocycles. The van der Waals surface area contributed by atoms with E-state index in [2.05, 4.69) is 36.5 Å². The van der Waals surface area contributed by atoms with Crippen molar-refractivity contribution >= 4 is 29.3 Å². The number of anilines is 1. The third-order valence-corrected chi connectivity index (χ3v) is 5.95. The van der Waals surface area contributed by atoms with Gasteiger partial charge in [0.05, 0.1) is 19.9 Å². The van der Waals surface area contributed by atoms with Crippen LogP contribution in [0.2, 0.25) is 0 Å². The fraction of sp³-hybridized carbons (Fsp3) is 0.286. The predicted molar refractivity (Wildman–Crippen MR) is 128 cm³/mol. The minimum absolute atomic E-state index is 0.120. The van der Waals surface area contributed by atoms with Crippen LogP contribution in [0.4, 0.5) is 5.69 Å². The Hall–Kier alpha value is -3.84. The van der Waals surface area contributed by atoms with Gasteiger partial charge in [0.1, 0.15) is 11.5 Å². The second-order valence-corrected chi connectivity index (χ2v) is 8.29. The average Bonchev–Trinajstić information content (AvgIpc) is 3.31. The van der Waals surface area contributed by atoms with Gasteiger partial charge in [0, 0.05) is 42.1 Å². The van der Waals surface area contributed by atoms with Gasteiger partial charge in [0.2, 0.25) is 11.1 Å². The van der Waals surface area contributed by atoms with Gasteiger partial charge in [0.15, 0.2) is 12.2 Å². The molecule has 0 radical (unpaired) electrons. The standard InChI is InChI=1S/C21H25N9O3S/c1-32-16-8-13(9-17(11-16)33-2)23-19(22)26-20-24-14(10-18(31)25-20)12-34-21-27-28-29-30(21)15-6-4-3-5-7-15/h3-9,11,14,20,24H,10,12H2,1-2H3,(H,25,31)(H3,22,23,26). The van der Waals surface area contributed by atoms with Crippen LogP contribution in [0.1, 0.15) is 6.42 Å². The second kappa shape index (κ2) is 10.9. The number of amides is 1. The summed E-state index contributed by atoms with van der Waals surface area (Å²) < 4.78 is 12.2. The highest BCUT2D eigenvalue weighted by atomic mass is 32.2. The Morgan fingerprint density at radius 2 is 1.97 bits per heavy atom. The summed E-state index contributed by atoms with van der Waals surface area (Å²) in [7, 11) is 3.13. The van der Waals surface area contributed by atoms with E-state index in [0.29, 0.717) is 34.5 Å². The summed E-state index contributed by atoms with van der Waals surface area (Å²) >= 11 is 1.45. The third kappa shape index (κ3) is 5.94. The van der Waals surface area contributed by atoms with Gasteiger partial charge >= 0.3 is 0 Å². The lowest BCUT2D eigenvalue weighted by molar-refractivity contribution is -0.124. The monoisotopic (exact) mass is 483 g/mol. The van der Waals surface area contributed by atoms with Gasteiger partial charge in [-0.1, -0.05) is 30.0 Å². The van der Waals surface area contributed by atoms with E-state index in [0.717, 1.165) is 5.69 Å². The molecule has 1 fully saturated rings. The fourth-order valence-corrected chi connectivity index (χ4v) is 4.23. The predicted octanol–water partition coefficient (Wildman–Crippen LogP) is 0.960. The van der Waals surface area contributed by atoms with Crippen LogP contribution in [0.3, 0.4) is 0 Å². The molecule has 178 valence electrons. The molecule has 1 aliphatic heterocycles. The maximum atomic E-state index is 12.3. The summed E-state index contributed by atoms with van der Waals surface area (Å²) in [5, 5.41) is 21.6. The summed E-state index contributed by atoms with van der Waals surface area (Å²) in [5.41, 5.74) is 7.58. The van der Waals surface area contributed by atoms with Crippen molar-refractivity contribution in [2.75, 3.05) is 25.3 Å². The Morgan fingerprint density at radius 3 is 2.68 bits per heavy atom. The van der Waals surface area contributed by atoms with Gasteiger partial charge in [-0.3, -0.25) is 10.1 Å². The molecule has 1 aromatic heterocycles. The second-order valence-electron chi connectivity index (χ2n) is 7.30. The van der Waals surface area contributed by atoms with Crippen LogP contribution in [0.5, 0.6) is 11.5 Å². The molecule has 3 aromatic rings. The molecule has 4 rings (SSSR count). The van der Waals surface area contributed by atoms with Gasteiger partial charge in [0.25, 0.3) is 0 Å². The molecule has 34 heavy (non-hydrogen) atoms. The number of aliphatic imine (C=N–C) groups is 1. The Bertz CT molecular complexity index is 1130. The van der Waals surface area contributed by atoms with E-state index in [-0.39, 0.29) is 17.9 Å². The molecule has 0 aliphatic carbocycles. The highest BCUT2D eigenvalue weighted by Gasteiger charge is 2.26. The summed E-state index contributed by atoms with van der Waals surface area (Å²) in [5.74, 6) is 1.76. The van der Waals surface area contributed by atoms with Gasteiger partial charge in [-0.15, -0.1) is 5.10 Å². The molecule has 5 N–H and O–H groups in total. The number of hydrogen-bond acceptors (Lipinski definition) is 9. The van der Waals surface area contributed by atoms with E-state index in [1.165, 1.54) is 11.8 Å². The topological polar surface area (TPSA) is 154 Å². The van der Waals surface area contributed by atoms with Gasteiger partial charge in [-0.25, -0.2) is 4.99 Å². The van der Waals surface area contributed by atoms with Crippen molar-refractivity contribution in [1.29, 1.82) is 0 Å². The minimum atomic E-state index is -0.683. The highest BCUT2D eigenvalue weighted by molar-refractivity contribution is 7.99. The molecular formula is C21H25N9O3S. The number of nitrogens with zero attached hydrogens (tertiary/aromatic N) is 5. The Morgan fingerprint density at radius 1 is 1.24 bits per heavy atom. The lowest BCUT2D eigenvalue weighted by Gasteiger charge is -2.29. The number of nitrogens with one attached hydrogen (secondary N) is 3. The van der Waals surface area contributed by atoms with Crippen molar-refractivity contribution in [2.45, 2.75) is 23.9 Å². The van der Waals surface area contributed by atoms with E-state index in [1.807, 2.05) is 30.3 Å². The first-order chi connectivity index (χ1) is 16.5. The van der Waals surface area contributed by atoms with Crippen LogP contribution >= 0.6 is 11.8 Å². The first-order valence-electron chi connectivity index (χ1n) is 10.4. The Balaban J connectivity index is 1.38. The maximum absolute atomic E-state index is 12.3. The van der Waals surface area contributed by atoms with Crippen molar-refractivity contribution < 1.29 is 14.3 Å². The number of rotatable bonds is 8. The van der Waals surface area contributed by atoms with Crippen LogP contribution in [0.25, 0.3) is 5.69 Å². The first kappa shape index (κ1) is 23.3. The summed E-state index contributed by atoms with van der Waals surface area (Å²) in [6.45, 7) is 0. The van der Waals surface area contributed by atoms with Crippen LogP contribution in [-0.2, 0) is 4.79 Å². The molecule has 2 unspecified atom stereocenters. The van der Waals surface area contributed by atoms with Crippen LogP contribution in [0, 0.1) is 0 Å². The third-order valence-electron chi connectivity index (χ3n) is 4.87. The zero-order valence-electron chi connectivity index (χ0n) is 18.6. The SMILES string of the molecule is COc1cc(N/C(N)=N/C2NC(=O)CC(CSc3nnnn3-c3ccccc3)N2)cc(OC)c1. The van der Waals surface area contributed by atoms with E-state index in [4.69, 9.17) is 15.2 Å². The van der Waals surface area contributed by atoms with Crippen molar-refractivity contribution in [3.63, 3.8) is 0 Å². The summed E-state index contributed by atoms with van der Waals surface area (Å²) in [4.78, 5) is 16.6. The zero-order valence-corrected chi connectivity index (χ0v) is 19.5. The number of para-hydroxylation sites is 1. The number of carbonyl (C=O) groups excluding carboxylic acids is 1.